The molecule has 1 saturated heterocycles. The molecule has 1 aliphatic rings. The zero-order valence-corrected chi connectivity index (χ0v) is 18.3. The molecule has 0 saturated carbocycles. The largest absolute Gasteiger partial charge is 0.469 e. The number of nitrogens with one attached hydrogen (secondary N) is 2. The number of hydrogen-bond donors (Lipinski definition) is 2. The van der Waals surface area contributed by atoms with E-state index in [-0.39, 0.29) is 0 Å². The maximum absolute atomic E-state index is 5.42. The molecule has 0 radical (unpaired) electrons. The third-order valence-corrected chi connectivity index (χ3v) is 5.88. The van der Waals surface area contributed by atoms with Crippen LogP contribution < -0.4 is 10.6 Å². The van der Waals surface area contributed by atoms with Crippen LogP contribution in [0.2, 0.25) is 0 Å². The molecule has 3 rings (SSSR count). The summed E-state index contributed by atoms with van der Waals surface area (Å²) in [5.41, 5.74) is 0. The van der Waals surface area contributed by atoms with Crippen molar-refractivity contribution in [3.63, 3.8) is 0 Å². The third kappa shape index (κ3) is 8.60. The van der Waals surface area contributed by atoms with E-state index in [4.69, 9.17) is 14.1 Å². The standard InChI is InChI=1S/C22H34N4O2S/c1-19(17-21-6-3-16-29-21)18-25-22(24-9-7-20-5-2-13-28-20)23-8-4-10-26-11-14-27-15-12-26/h2-3,5-6,13,16,19H,4,7-12,14-15,17-18H2,1H3,(H2,23,24,25). The molecule has 29 heavy (non-hydrogen) atoms. The lowest BCUT2D eigenvalue weighted by molar-refractivity contribution is 0.0376. The van der Waals surface area contributed by atoms with Gasteiger partial charge in [-0.3, -0.25) is 9.89 Å². The van der Waals surface area contributed by atoms with Gasteiger partial charge in [0, 0.05) is 44.0 Å². The van der Waals surface area contributed by atoms with Crippen molar-refractivity contribution in [3.8, 4) is 0 Å². The van der Waals surface area contributed by atoms with Crippen LogP contribution in [0.4, 0.5) is 0 Å². The van der Waals surface area contributed by atoms with Gasteiger partial charge in [-0.25, -0.2) is 0 Å². The summed E-state index contributed by atoms with van der Waals surface area (Å²) >= 11 is 1.82. The van der Waals surface area contributed by atoms with Crippen molar-refractivity contribution in [1.29, 1.82) is 0 Å². The van der Waals surface area contributed by atoms with Crippen molar-refractivity contribution in [2.75, 3.05) is 52.5 Å². The fraction of sp³-hybridized carbons (Fsp3) is 0.591. The highest BCUT2D eigenvalue weighted by Gasteiger charge is 2.10. The second-order valence-electron chi connectivity index (χ2n) is 7.57. The second kappa shape index (κ2) is 12.7. The normalized spacial score (nSPS) is 16.7. The number of guanidine groups is 1. The number of thiophene rings is 1. The van der Waals surface area contributed by atoms with Crippen LogP contribution in [0.15, 0.2) is 45.3 Å². The maximum Gasteiger partial charge on any atom is 0.191 e. The Morgan fingerprint density at radius 2 is 2.07 bits per heavy atom. The second-order valence-corrected chi connectivity index (χ2v) is 8.60. The van der Waals surface area contributed by atoms with Gasteiger partial charge in [0.2, 0.25) is 0 Å². The van der Waals surface area contributed by atoms with E-state index in [1.165, 1.54) is 4.88 Å². The molecule has 2 aromatic rings. The third-order valence-electron chi connectivity index (χ3n) is 4.98. The van der Waals surface area contributed by atoms with Gasteiger partial charge in [-0.2, -0.15) is 0 Å². The molecule has 7 heteroatoms. The highest BCUT2D eigenvalue weighted by Crippen LogP contribution is 2.14. The first-order valence-electron chi connectivity index (χ1n) is 10.7. The van der Waals surface area contributed by atoms with Gasteiger partial charge in [0.25, 0.3) is 0 Å². The lowest BCUT2D eigenvalue weighted by Gasteiger charge is -2.26. The summed E-state index contributed by atoms with van der Waals surface area (Å²) in [6.45, 7) is 9.72. The molecule has 1 fully saturated rings. The number of hydrogen-bond acceptors (Lipinski definition) is 5. The van der Waals surface area contributed by atoms with E-state index in [9.17, 15) is 0 Å². The summed E-state index contributed by atoms with van der Waals surface area (Å²) in [5, 5.41) is 9.11. The van der Waals surface area contributed by atoms with Crippen LogP contribution >= 0.6 is 11.3 Å². The van der Waals surface area contributed by atoms with Crippen molar-refractivity contribution in [2.45, 2.75) is 26.2 Å². The summed E-state index contributed by atoms with van der Waals surface area (Å²) < 4.78 is 10.8. The summed E-state index contributed by atoms with van der Waals surface area (Å²) in [6, 6.07) is 8.27. The molecule has 0 amide bonds. The maximum atomic E-state index is 5.42. The minimum atomic E-state index is 0.519. The molecule has 1 atom stereocenters. The number of rotatable bonds is 11. The van der Waals surface area contributed by atoms with Gasteiger partial charge in [0.1, 0.15) is 5.76 Å². The predicted molar refractivity (Wildman–Crippen MR) is 120 cm³/mol. The van der Waals surface area contributed by atoms with Gasteiger partial charge in [0.15, 0.2) is 5.96 Å². The van der Waals surface area contributed by atoms with Crippen molar-refractivity contribution in [1.82, 2.24) is 15.5 Å². The Labute approximate surface area is 178 Å². The van der Waals surface area contributed by atoms with Crippen molar-refractivity contribution >= 4 is 17.3 Å². The molecule has 0 aromatic carbocycles. The summed E-state index contributed by atoms with van der Waals surface area (Å²) in [4.78, 5) is 8.74. The van der Waals surface area contributed by atoms with Crippen molar-refractivity contribution < 1.29 is 9.15 Å². The molecule has 1 aliphatic heterocycles. The van der Waals surface area contributed by atoms with E-state index in [1.807, 2.05) is 23.5 Å². The van der Waals surface area contributed by atoms with E-state index >= 15 is 0 Å². The molecule has 2 N–H and O–H groups in total. The number of furan rings is 1. The molecule has 0 aliphatic carbocycles. The zero-order chi connectivity index (χ0) is 20.2. The first-order valence-corrected chi connectivity index (χ1v) is 11.5. The number of morpholine rings is 1. The Kier molecular flexibility index (Phi) is 9.56. The van der Waals surface area contributed by atoms with Gasteiger partial charge >= 0.3 is 0 Å². The first kappa shape index (κ1) is 21.9. The van der Waals surface area contributed by atoms with Crippen LogP contribution in [-0.2, 0) is 17.6 Å². The van der Waals surface area contributed by atoms with Gasteiger partial charge < -0.3 is 19.8 Å². The highest BCUT2D eigenvalue weighted by molar-refractivity contribution is 7.09. The van der Waals surface area contributed by atoms with Crippen LogP contribution in [0.5, 0.6) is 0 Å². The van der Waals surface area contributed by atoms with Gasteiger partial charge in [-0.15, -0.1) is 11.3 Å². The molecule has 3 heterocycles. The Balaban J connectivity index is 1.42. The number of aliphatic imine (C=N–C) groups is 1. The average Bonchev–Trinajstić information content (AvgIpc) is 3.44. The SMILES string of the molecule is CC(CN=C(NCCCN1CCOCC1)NCCc1ccco1)Cc1cccs1. The lowest BCUT2D eigenvalue weighted by atomic mass is 10.1. The number of ether oxygens (including phenoxy) is 1. The fourth-order valence-corrected chi connectivity index (χ4v) is 4.22. The van der Waals surface area contributed by atoms with E-state index < -0.39 is 0 Å². The van der Waals surface area contributed by atoms with Crippen LogP contribution in [0.1, 0.15) is 24.0 Å². The molecule has 0 spiro atoms. The summed E-state index contributed by atoms with van der Waals surface area (Å²) in [6.07, 6.45) is 4.76. The van der Waals surface area contributed by atoms with Gasteiger partial charge in [-0.1, -0.05) is 13.0 Å². The van der Waals surface area contributed by atoms with Crippen LogP contribution in [0.3, 0.4) is 0 Å². The monoisotopic (exact) mass is 418 g/mol. The molecule has 0 bridgehead atoms. The Morgan fingerprint density at radius 1 is 1.21 bits per heavy atom. The molecule has 2 aromatic heterocycles. The minimum Gasteiger partial charge on any atom is -0.469 e. The zero-order valence-electron chi connectivity index (χ0n) is 17.4. The topological polar surface area (TPSA) is 62.0 Å². The first-order chi connectivity index (χ1) is 14.3. The van der Waals surface area contributed by atoms with E-state index in [0.29, 0.717) is 5.92 Å². The molecule has 160 valence electrons. The Hall–Kier alpha value is -1.83. The smallest absolute Gasteiger partial charge is 0.191 e. The fourth-order valence-electron chi connectivity index (χ4n) is 3.35. The minimum absolute atomic E-state index is 0.519. The molecular weight excluding hydrogens is 384 g/mol. The van der Waals surface area contributed by atoms with Crippen LogP contribution in [-0.4, -0.2) is 63.3 Å². The Morgan fingerprint density at radius 3 is 2.83 bits per heavy atom. The summed E-state index contributed by atoms with van der Waals surface area (Å²) in [5.74, 6) is 2.41. The van der Waals surface area contributed by atoms with Crippen molar-refractivity contribution in [2.24, 2.45) is 10.9 Å². The van der Waals surface area contributed by atoms with E-state index in [1.54, 1.807) is 6.26 Å². The predicted octanol–water partition coefficient (Wildman–Crippen LogP) is 3.02. The van der Waals surface area contributed by atoms with Crippen LogP contribution in [0, 0.1) is 5.92 Å². The Bertz CT molecular complexity index is 682. The van der Waals surface area contributed by atoms with Gasteiger partial charge in [0.05, 0.1) is 19.5 Å². The van der Waals surface area contributed by atoms with Gasteiger partial charge in [-0.05, 0) is 48.9 Å². The molecule has 1 unspecified atom stereocenters. The average molecular weight is 419 g/mol. The quantitative estimate of drug-likeness (QED) is 0.334. The van der Waals surface area contributed by atoms with E-state index in [2.05, 4.69) is 40.0 Å². The van der Waals surface area contributed by atoms with Crippen molar-refractivity contribution in [3.05, 3.63) is 46.5 Å². The number of nitrogens with zero attached hydrogens (tertiary/aromatic N) is 2. The highest BCUT2D eigenvalue weighted by atomic mass is 32.1. The molecular formula is C22H34N4O2S. The molecule has 6 nitrogen and oxygen atoms in total. The summed E-state index contributed by atoms with van der Waals surface area (Å²) in [7, 11) is 0. The van der Waals surface area contributed by atoms with E-state index in [0.717, 1.165) is 83.5 Å². The lowest BCUT2D eigenvalue weighted by Crippen LogP contribution is -2.41. The van der Waals surface area contributed by atoms with Crippen LogP contribution in [0.25, 0.3) is 0 Å².